The number of fused-ring (bicyclic) bond motifs is 1. The van der Waals surface area contributed by atoms with Gasteiger partial charge in [0.1, 0.15) is 0 Å². The van der Waals surface area contributed by atoms with Crippen LogP contribution >= 0.6 is 0 Å². The van der Waals surface area contributed by atoms with E-state index in [4.69, 9.17) is 0 Å². The van der Waals surface area contributed by atoms with E-state index in [0.29, 0.717) is 19.6 Å². The Balaban J connectivity index is 1.64. The van der Waals surface area contributed by atoms with Gasteiger partial charge in [-0.2, -0.15) is 0 Å². The lowest BCUT2D eigenvalue weighted by Crippen LogP contribution is -2.52. The smallest absolute Gasteiger partial charge is 0.225 e. The Kier molecular flexibility index (Phi) is 3.92. The number of carbonyl (C=O) groups excluding carboxylic acids is 2. The molecule has 0 aromatic heterocycles. The summed E-state index contributed by atoms with van der Waals surface area (Å²) < 4.78 is 23.2. The van der Waals surface area contributed by atoms with Crippen LogP contribution < -0.4 is 10.6 Å². The Morgan fingerprint density at radius 3 is 2.95 bits per heavy atom. The molecule has 2 amide bonds. The molecule has 0 saturated carbocycles. The average molecular weight is 315 g/mol. The maximum atomic E-state index is 12.5. The van der Waals surface area contributed by atoms with E-state index in [1.165, 1.54) is 0 Å². The summed E-state index contributed by atoms with van der Waals surface area (Å²) in [6, 6.07) is -0.361. The van der Waals surface area contributed by atoms with E-state index in [9.17, 15) is 18.0 Å². The third-order valence-electron chi connectivity index (χ3n) is 4.64. The number of hydrogen-bond acceptors (Lipinski definition) is 5. The van der Waals surface area contributed by atoms with E-state index in [1.54, 1.807) is 4.90 Å². The van der Waals surface area contributed by atoms with Crippen LogP contribution in [0.4, 0.5) is 0 Å². The highest BCUT2D eigenvalue weighted by molar-refractivity contribution is 7.91. The van der Waals surface area contributed by atoms with Crippen molar-refractivity contribution >= 4 is 21.7 Å². The summed E-state index contributed by atoms with van der Waals surface area (Å²) in [5.74, 6) is 0.0694. The first kappa shape index (κ1) is 14.8. The molecular weight excluding hydrogens is 294 g/mol. The van der Waals surface area contributed by atoms with Gasteiger partial charge in [-0.05, 0) is 12.8 Å². The van der Waals surface area contributed by atoms with E-state index in [0.717, 1.165) is 12.8 Å². The zero-order chi connectivity index (χ0) is 15.0. The molecule has 3 fully saturated rings. The van der Waals surface area contributed by atoms with Crippen molar-refractivity contribution < 1.29 is 18.0 Å². The van der Waals surface area contributed by atoms with Crippen LogP contribution in [-0.2, 0) is 19.4 Å². The molecule has 3 atom stereocenters. The lowest BCUT2D eigenvalue weighted by molar-refractivity contribution is -0.137. The van der Waals surface area contributed by atoms with Crippen molar-refractivity contribution in [2.75, 3.05) is 31.1 Å². The second kappa shape index (κ2) is 5.57. The van der Waals surface area contributed by atoms with Gasteiger partial charge in [0.2, 0.25) is 11.8 Å². The first-order chi connectivity index (χ1) is 9.96. The minimum atomic E-state index is -3.03. The van der Waals surface area contributed by atoms with Crippen molar-refractivity contribution in [2.45, 2.75) is 31.3 Å². The predicted octanol–water partition coefficient (Wildman–Crippen LogP) is -1.50. The van der Waals surface area contributed by atoms with Crippen molar-refractivity contribution in [3.05, 3.63) is 0 Å². The number of carbonyl (C=O) groups is 2. The fraction of sp³-hybridized carbons (Fsp3) is 0.846. The SMILES string of the molecule is O=C1NCC2C1CCCN2C(=O)CC1CS(=O)(=O)CCN1. The lowest BCUT2D eigenvalue weighted by atomic mass is 9.91. The van der Waals surface area contributed by atoms with Crippen LogP contribution in [0.15, 0.2) is 0 Å². The molecule has 0 aromatic carbocycles. The molecule has 0 radical (unpaired) electrons. The van der Waals surface area contributed by atoms with Crippen molar-refractivity contribution in [3.63, 3.8) is 0 Å². The Morgan fingerprint density at radius 2 is 2.19 bits per heavy atom. The molecule has 3 aliphatic rings. The van der Waals surface area contributed by atoms with E-state index in [-0.39, 0.29) is 47.7 Å². The summed E-state index contributed by atoms with van der Waals surface area (Å²) in [7, 11) is -3.03. The van der Waals surface area contributed by atoms with Gasteiger partial charge in [0.25, 0.3) is 0 Å². The quantitative estimate of drug-likeness (QED) is 0.647. The molecule has 3 rings (SSSR count). The number of likely N-dealkylation sites (tertiary alicyclic amines) is 1. The van der Waals surface area contributed by atoms with Crippen LogP contribution in [0.5, 0.6) is 0 Å². The highest BCUT2D eigenvalue weighted by Gasteiger charge is 2.43. The molecular formula is C13H21N3O4S. The number of piperidine rings is 1. The Bertz CT molecular complexity index is 548. The Labute approximate surface area is 124 Å². The fourth-order valence-electron chi connectivity index (χ4n) is 3.59. The number of hydrogen-bond donors (Lipinski definition) is 2. The zero-order valence-corrected chi connectivity index (χ0v) is 12.7. The second-order valence-electron chi connectivity index (χ2n) is 6.12. The highest BCUT2D eigenvalue weighted by Crippen LogP contribution is 2.28. The van der Waals surface area contributed by atoms with Gasteiger partial charge in [-0.15, -0.1) is 0 Å². The third kappa shape index (κ3) is 3.06. The lowest BCUT2D eigenvalue weighted by Gasteiger charge is -2.37. The summed E-state index contributed by atoms with van der Waals surface area (Å²) in [4.78, 5) is 26.0. The number of amides is 2. The minimum absolute atomic E-state index is 0.0257. The standard InChI is InChI=1S/C13H21N3O4S/c17-12(6-9-8-21(19,20)5-3-14-9)16-4-1-2-10-11(16)7-15-13(10)18/h9-11,14H,1-8H2,(H,15,18). The number of nitrogens with one attached hydrogen (secondary N) is 2. The fourth-order valence-corrected chi connectivity index (χ4v) is 5.03. The van der Waals surface area contributed by atoms with E-state index in [2.05, 4.69) is 10.6 Å². The van der Waals surface area contributed by atoms with Gasteiger partial charge >= 0.3 is 0 Å². The number of sulfone groups is 1. The summed E-state index contributed by atoms with van der Waals surface area (Å²) >= 11 is 0. The van der Waals surface area contributed by atoms with Crippen LogP contribution in [0.25, 0.3) is 0 Å². The van der Waals surface area contributed by atoms with Crippen LogP contribution in [0.3, 0.4) is 0 Å². The largest absolute Gasteiger partial charge is 0.354 e. The molecule has 118 valence electrons. The maximum absolute atomic E-state index is 12.5. The van der Waals surface area contributed by atoms with E-state index in [1.807, 2.05) is 0 Å². The Hall–Kier alpha value is -1.15. The molecule has 8 heteroatoms. The van der Waals surface area contributed by atoms with Gasteiger partial charge in [0, 0.05) is 32.1 Å². The normalized spacial score (nSPS) is 35.1. The summed E-state index contributed by atoms with van der Waals surface area (Å²) in [5.41, 5.74) is 0. The Morgan fingerprint density at radius 1 is 1.38 bits per heavy atom. The van der Waals surface area contributed by atoms with Gasteiger partial charge < -0.3 is 15.5 Å². The molecule has 0 aromatic rings. The molecule has 7 nitrogen and oxygen atoms in total. The third-order valence-corrected chi connectivity index (χ3v) is 6.38. The molecule has 2 N–H and O–H groups in total. The summed E-state index contributed by atoms with van der Waals surface area (Å²) in [5, 5.41) is 5.92. The van der Waals surface area contributed by atoms with Crippen molar-refractivity contribution in [1.82, 2.24) is 15.5 Å². The minimum Gasteiger partial charge on any atom is -0.354 e. The topological polar surface area (TPSA) is 95.6 Å². The van der Waals surface area contributed by atoms with Crippen LogP contribution in [0.2, 0.25) is 0 Å². The molecule has 21 heavy (non-hydrogen) atoms. The van der Waals surface area contributed by atoms with Crippen LogP contribution in [0, 0.1) is 5.92 Å². The van der Waals surface area contributed by atoms with Crippen molar-refractivity contribution in [2.24, 2.45) is 5.92 Å². The van der Waals surface area contributed by atoms with Gasteiger partial charge in [-0.25, -0.2) is 8.42 Å². The first-order valence-electron chi connectivity index (χ1n) is 7.47. The van der Waals surface area contributed by atoms with Crippen molar-refractivity contribution in [1.29, 1.82) is 0 Å². The van der Waals surface area contributed by atoms with Gasteiger partial charge in [0.05, 0.1) is 23.5 Å². The molecule has 0 spiro atoms. The summed E-state index contributed by atoms with van der Waals surface area (Å²) in [6.45, 7) is 1.59. The highest BCUT2D eigenvalue weighted by atomic mass is 32.2. The second-order valence-corrected chi connectivity index (χ2v) is 8.35. The first-order valence-corrected chi connectivity index (χ1v) is 9.29. The monoisotopic (exact) mass is 315 g/mol. The molecule has 0 aliphatic carbocycles. The predicted molar refractivity (Wildman–Crippen MR) is 76.3 cm³/mol. The van der Waals surface area contributed by atoms with Crippen LogP contribution in [0.1, 0.15) is 19.3 Å². The summed E-state index contributed by atoms with van der Waals surface area (Å²) in [6.07, 6.45) is 1.85. The maximum Gasteiger partial charge on any atom is 0.225 e. The van der Waals surface area contributed by atoms with Crippen molar-refractivity contribution in [3.8, 4) is 0 Å². The van der Waals surface area contributed by atoms with Gasteiger partial charge in [0.15, 0.2) is 9.84 Å². The van der Waals surface area contributed by atoms with Crippen LogP contribution in [-0.4, -0.2) is 68.4 Å². The molecule has 0 bridgehead atoms. The van der Waals surface area contributed by atoms with Gasteiger partial charge in [-0.1, -0.05) is 0 Å². The van der Waals surface area contributed by atoms with E-state index >= 15 is 0 Å². The number of rotatable bonds is 2. The molecule has 3 saturated heterocycles. The molecule has 3 heterocycles. The molecule has 3 aliphatic heterocycles. The van der Waals surface area contributed by atoms with E-state index < -0.39 is 9.84 Å². The number of nitrogens with zero attached hydrogens (tertiary/aromatic N) is 1. The molecule has 3 unspecified atom stereocenters. The zero-order valence-electron chi connectivity index (χ0n) is 11.9. The average Bonchev–Trinajstić information content (AvgIpc) is 2.79. The van der Waals surface area contributed by atoms with Gasteiger partial charge in [-0.3, -0.25) is 9.59 Å².